The summed E-state index contributed by atoms with van der Waals surface area (Å²) in [7, 11) is 0. The summed E-state index contributed by atoms with van der Waals surface area (Å²) in [6.45, 7) is 6.18. The van der Waals surface area contributed by atoms with E-state index < -0.39 is 6.10 Å². The molecule has 5 rings (SSSR count). The van der Waals surface area contributed by atoms with Crippen LogP contribution in [0.2, 0.25) is 0 Å². The second-order valence-electron chi connectivity index (χ2n) is 7.96. The Morgan fingerprint density at radius 2 is 1.85 bits per heavy atom. The average Bonchev–Trinajstić information content (AvgIpc) is 3.14. The highest BCUT2D eigenvalue weighted by Gasteiger charge is 2.52. The van der Waals surface area contributed by atoms with Gasteiger partial charge in [-0.15, -0.1) is 0 Å². The molecule has 0 bridgehead atoms. The smallest absolute Gasteiger partial charge is 0.0965 e. The van der Waals surface area contributed by atoms with Crippen LogP contribution in [0.4, 0.5) is 0 Å². The number of aliphatic hydroxyl groups excluding tert-OH is 1. The summed E-state index contributed by atoms with van der Waals surface area (Å²) in [5.41, 5.74) is 7.05. The number of fused-ring (bicyclic) bond motifs is 3. The van der Waals surface area contributed by atoms with E-state index in [1.165, 1.54) is 22.3 Å². The van der Waals surface area contributed by atoms with Crippen molar-refractivity contribution in [2.24, 2.45) is 0 Å². The third kappa shape index (κ3) is 2.06. The van der Waals surface area contributed by atoms with Gasteiger partial charge in [-0.25, -0.2) is 4.98 Å². The Balaban J connectivity index is 1.72. The van der Waals surface area contributed by atoms with E-state index in [9.17, 15) is 5.11 Å². The maximum atomic E-state index is 11.6. The molecule has 4 nitrogen and oxygen atoms in total. The van der Waals surface area contributed by atoms with Crippen molar-refractivity contribution in [1.82, 2.24) is 14.9 Å². The Hall–Kier alpha value is -2.17. The van der Waals surface area contributed by atoms with Crippen LogP contribution in [-0.2, 0) is 5.41 Å². The molecule has 134 valence electrons. The first-order valence-corrected chi connectivity index (χ1v) is 9.54. The van der Waals surface area contributed by atoms with Crippen LogP contribution in [0.1, 0.15) is 41.1 Å². The first-order valence-electron chi connectivity index (χ1n) is 9.54. The van der Waals surface area contributed by atoms with Gasteiger partial charge in [0.15, 0.2) is 0 Å². The second-order valence-corrected chi connectivity index (χ2v) is 7.96. The van der Waals surface area contributed by atoms with Gasteiger partial charge in [-0.3, -0.25) is 0 Å². The van der Waals surface area contributed by atoms with Crippen molar-refractivity contribution in [2.75, 3.05) is 13.1 Å². The first kappa shape index (κ1) is 16.0. The number of rotatable bonds is 1. The van der Waals surface area contributed by atoms with Crippen molar-refractivity contribution in [3.8, 4) is 0 Å². The van der Waals surface area contributed by atoms with Crippen LogP contribution in [0, 0.1) is 13.8 Å². The molecule has 0 saturated carbocycles. The van der Waals surface area contributed by atoms with Gasteiger partial charge in [0.25, 0.3) is 0 Å². The molecule has 2 atom stereocenters. The number of benzene rings is 2. The minimum atomic E-state index is -0.430. The maximum absolute atomic E-state index is 11.6. The zero-order valence-corrected chi connectivity index (χ0v) is 15.4. The lowest BCUT2D eigenvalue weighted by atomic mass is 9.72. The van der Waals surface area contributed by atoms with Gasteiger partial charge in [-0.05, 0) is 74.2 Å². The number of aliphatic hydroxyl groups is 1. The lowest BCUT2D eigenvalue weighted by Crippen LogP contribution is -2.47. The van der Waals surface area contributed by atoms with Crippen LogP contribution in [-0.4, -0.2) is 33.9 Å². The van der Waals surface area contributed by atoms with Gasteiger partial charge in [-0.1, -0.05) is 24.3 Å². The first-order chi connectivity index (χ1) is 12.6. The minimum absolute atomic E-state index is 0.0728. The van der Waals surface area contributed by atoms with E-state index in [0.29, 0.717) is 0 Å². The van der Waals surface area contributed by atoms with Crippen molar-refractivity contribution < 1.29 is 5.11 Å². The summed E-state index contributed by atoms with van der Waals surface area (Å²) in [6.07, 6.45) is 3.44. The summed E-state index contributed by atoms with van der Waals surface area (Å²) in [6, 6.07) is 12.9. The zero-order chi connectivity index (χ0) is 17.9. The number of nitrogens with one attached hydrogen (secondary N) is 1. The van der Waals surface area contributed by atoms with Gasteiger partial charge in [-0.2, -0.15) is 0 Å². The highest BCUT2D eigenvalue weighted by molar-refractivity contribution is 5.78. The van der Waals surface area contributed by atoms with Gasteiger partial charge >= 0.3 is 0 Å². The summed E-state index contributed by atoms with van der Waals surface area (Å²) in [5.74, 6) is 0. The number of piperidine rings is 1. The van der Waals surface area contributed by atoms with E-state index in [2.05, 4.69) is 65.1 Å². The molecule has 3 aromatic rings. The largest absolute Gasteiger partial charge is 0.390 e. The molecule has 26 heavy (non-hydrogen) atoms. The highest BCUT2D eigenvalue weighted by atomic mass is 16.3. The van der Waals surface area contributed by atoms with E-state index in [1.54, 1.807) is 0 Å². The predicted molar refractivity (Wildman–Crippen MR) is 104 cm³/mol. The van der Waals surface area contributed by atoms with Gasteiger partial charge in [0.1, 0.15) is 0 Å². The quantitative estimate of drug-likeness (QED) is 0.710. The predicted octanol–water partition coefficient (Wildman–Crippen LogP) is 3.24. The number of hydrogen-bond donors (Lipinski definition) is 2. The third-order valence-electron chi connectivity index (χ3n) is 6.67. The van der Waals surface area contributed by atoms with Crippen LogP contribution >= 0.6 is 0 Å². The Bertz CT molecular complexity index is 984. The topological polar surface area (TPSA) is 50.1 Å². The normalized spacial score (nSPS) is 24.3. The zero-order valence-electron chi connectivity index (χ0n) is 15.4. The van der Waals surface area contributed by atoms with Gasteiger partial charge < -0.3 is 15.0 Å². The molecule has 2 aromatic carbocycles. The van der Waals surface area contributed by atoms with E-state index in [4.69, 9.17) is 0 Å². The Kier molecular flexibility index (Phi) is 3.49. The van der Waals surface area contributed by atoms with Crippen molar-refractivity contribution in [2.45, 2.75) is 44.2 Å². The summed E-state index contributed by atoms with van der Waals surface area (Å²) < 4.78 is 2.20. The number of aromatic nitrogens is 2. The molecule has 0 radical (unpaired) electrons. The molecular formula is C22H25N3O. The summed E-state index contributed by atoms with van der Waals surface area (Å²) in [4.78, 5) is 4.65. The van der Waals surface area contributed by atoms with E-state index in [0.717, 1.165) is 37.0 Å². The van der Waals surface area contributed by atoms with Crippen molar-refractivity contribution in [1.29, 1.82) is 0 Å². The van der Waals surface area contributed by atoms with Crippen LogP contribution in [0.15, 0.2) is 42.7 Å². The molecule has 1 aliphatic carbocycles. The minimum Gasteiger partial charge on any atom is -0.390 e. The van der Waals surface area contributed by atoms with Gasteiger partial charge in [0.05, 0.1) is 29.5 Å². The van der Waals surface area contributed by atoms with E-state index in [-0.39, 0.29) is 11.5 Å². The SMILES string of the molecule is Cc1cc2ncn([C@H]3c4ccccc4C4(CCNCC4)[C@@H]3O)c2cc1C. The average molecular weight is 347 g/mol. The fourth-order valence-electron chi connectivity index (χ4n) is 5.08. The van der Waals surface area contributed by atoms with Gasteiger partial charge in [0.2, 0.25) is 0 Å². The Morgan fingerprint density at radius 1 is 1.12 bits per heavy atom. The number of imidazole rings is 1. The van der Waals surface area contributed by atoms with Gasteiger partial charge in [0, 0.05) is 5.41 Å². The molecule has 1 spiro atoms. The van der Waals surface area contributed by atoms with Crippen molar-refractivity contribution in [3.63, 3.8) is 0 Å². The van der Waals surface area contributed by atoms with Crippen molar-refractivity contribution >= 4 is 11.0 Å². The summed E-state index contributed by atoms with van der Waals surface area (Å²) >= 11 is 0. The monoisotopic (exact) mass is 347 g/mol. The number of aryl methyl sites for hydroxylation is 2. The Labute approximate surface area is 153 Å². The molecule has 4 heteroatoms. The Morgan fingerprint density at radius 3 is 2.65 bits per heavy atom. The van der Waals surface area contributed by atoms with Crippen LogP contribution in [0.3, 0.4) is 0 Å². The fraction of sp³-hybridized carbons (Fsp3) is 0.409. The number of hydrogen-bond acceptors (Lipinski definition) is 3. The lowest BCUT2D eigenvalue weighted by Gasteiger charge is -2.39. The van der Waals surface area contributed by atoms with E-state index >= 15 is 0 Å². The molecule has 2 aliphatic rings. The summed E-state index contributed by atoms with van der Waals surface area (Å²) in [5, 5.41) is 15.0. The molecular weight excluding hydrogens is 322 g/mol. The lowest BCUT2D eigenvalue weighted by molar-refractivity contribution is 0.0468. The molecule has 0 unspecified atom stereocenters. The molecule has 1 fully saturated rings. The molecule has 0 amide bonds. The molecule has 1 saturated heterocycles. The molecule has 2 N–H and O–H groups in total. The standard InChI is InChI=1S/C22H25N3O/c1-14-11-18-19(12-15(14)2)25(13-24-18)20-16-5-3-4-6-17(16)22(21(20)26)7-9-23-10-8-22/h3-6,11-13,20-21,23,26H,7-10H2,1-2H3/t20-,21+/m0/s1. The molecule has 1 aromatic heterocycles. The number of nitrogens with zero attached hydrogens (tertiary/aromatic N) is 2. The van der Waals surface area contributed by atoms with E-state index in [1.807, 2.05) is 6.33 Å². The fourth-order valence-corrected chi connectivity index (χ4v) is 5.08. The molecule has 2 heterocycles. The van der Waals surface area contributed by atoms with Crippen LogP contribution in [0.25, 0.3) is 11.0 Å². The van der Waals surface area contributed by atoms with Crippen molar-refractivity contribution in [3.05, 3.63) is 65.0 Å². The second kappa shape index (κ2) is 5.66. The van der Waals surface area contributed by atoms with Crippen LogP contribution in [0.5, 0.6) is 0 Å². The third-order valence-corrected chi connectivity index (χ3v) is 6.67. The maximum Gasteiger partial charge on any atom is 0.0965 e. The highest BCUT2D eigenvalue weighted by Crippen LogP contribution is 2.51. The van der Waals surface area contributed by atoms with Crippen LogP contribution < -0.4 is 5.32 Å². The molecule has 1 aliphatic heterocycles.